The Morgan fingerprint density at radius 1 is 1.29 bits per heavy atom. The number of hydrogen-bond donors (Lipinski definition) is 0. The van der Waals surface area contributed by atoms with E-state index in [1.54, 1.807) is 0 Å². The van der Waals surface area contributed by atoms with Crippen LogP contribution >= 0.6 is 0 Å². The summed E-state index contributed by atoms with van der Waals surface area (Å²) in [7, 11) is 1.45. The molecule has 1 unspecified atom stereocenters. The molecule has 1 rings (SSSR count). The third-order valence-electron chi connectivity index (χ3n) is 3.60. The van der Waals surface area contributed by atoms with Gasteiger partial charge in [0.25, 0.3) is 0 Å². The van der Waals surface area contributed by atoms with E-state index >= 15 is 0 Å². The fourth-order valence-electron chi connectivity index (χ4n) is 2.38. The molecule has 0 radical (unpaired) electrons. The number of methoxy groups -OCH3 is 1. The minimum atomic E-state index is -0.105. The molecule has 1 fully saturated rings. The van der Waals surface area contributed by atoms with Crippen molar-refractivity contribution in [1.82, 2.24) is 9.80 Å². The maximum Gasteiger partial charge on any atom is 0.306 e. The molecule has 0 spiro atoms. The van der Waals surface area contributed by atoms with Crippen molar-refractivity contribution in [2.24, 2.45) is 0 Å². The first kappa shape index (κ1) is 14.5. The van der Waals surface area contributed by atoms with Crippen molar-refractivity contribution in [1.29, 1.82) is 0 Å². The highest BCUT2D eigenvalue weighted by atomic mass is 16.5. The fourth-order valence-corrected chi connectivity index (χ4v) is 2.38. The van der Waals surface area contributed by atoms with Crippen LogP contribution in [0.1, 0.15) is 33.1 Å². The third-order valence-corrected chi connectivity index (χ3v) is 3.60. The molecule has 1 saturated heterocycles. The first-order valence-corrected chi connectivity index (χ1v) is 6.70. The van der Waals surface area contributed by atoms with Gasteiger partial charge in [0.05, 0.1) is 13.5 Å². The Hall–Kier alpha value is -0.610. The monoisotopic (exact) mass is 242 g/mol. The van der Waals surface area contributed by atoms with Crippen LogP contribution in [0.2, 0.25) is 0 Å². The summed E-state index contributed by atoms with van der Waals surface area (Å²) in [5.41, 5.74) is 0. The Labute approximate surface area is 105 Å². The van der Waals surface area contributed by atoms with Gasteiger partial charge in [0.1, 0.15) is 0 Å². The van der Waals surface area contributed by atoms with Gasteiger partial charge < -0.3 is 9.64 Å². The van der Waals surface area contributed by atoms with Gasteiger partial charge in [-0.15, -0.1) is 0 Å². The topological polar surface area (TPSA) is 32.8 Å². The molecule has 0 bridgehead atoms. The number of nitrogens with zero attached hydrogens (tertiary/aromatic N) is 2. The molecule has 0 amide bonds. The van der Waals surface area contributed by atoms with Crippen LogP contribution in [0.4, 0.5) is 0 Å². The van der Waals surface area contributed by atoms with E-state index in [0.29, 0.717) is 12.5 Å². The molecule has 4 nitrogen and oxygen atoms in total. The van der Waals surface area contributed by atoms with Crippen LogP contribution < -0.4 is 0 Å². The first-order valence-electron chi connectivity index (χ1n) is 6.70. The SMILES string of the molecule is CCCC(C)N1CCN(CCC(=O)OC)CC1. The van der Waals surface area contributed by atoms with Crippen LogP contribution in [-0.2, 0) is 9.53 Å². The van der Waals surface area contributed by atoms with E-state index in [1.165, 1.54) is 20.0 Å². The van der Waals surface area contributed by atoms with E-state index in [2.05, 4.69) is 28.4 Å². The zero-order valence-corrected chi connectivity index (χ0v) is 11.4. The number of esters is 1. The van der Waals surface area contributed by atoms with Gasteiger partial charge in [-0.25, -0.2) is 0 Å². The van der Waals surface area contributed by atoms with Crippen LogP contribution in [0.15, 0.2) is 0 Å². The van der Waals surface area contributed by atoms with Crippen LogP contribution in [0.25, 0.3) is 0 Å². The Bertz CT molecular complexity index is 225. The summed E-state index contributed by atoms with van der Waals surface area (Å²) >= 11 is 0. The zero-order chi connectivity index (χ0) is 12.7. The molecule has 0 N–H and O–H groups in total. The summed E-state index contributed by atoms with van der Waals surface area (Å²) in [5.74, 6) is -0.105. The molecule has 1 heterocycles. The molecule has 1 atom stereocenters. The van der Waals surface area contributed by atoms with E-state index < -0.39 is 0 Å². The van der Waals surface area contributed by atoms with Gasteiger partial charge in [0.2, 0.25) is 0 Å². The van der Waals surface area contributed by atoms with Crippen LogP contribution in [-0.4, -0.2) is 61.6 Å². The fraction of sp³-hybridized carbons (Fsp3) is 0.923. The second-order valence-electron chi connectivity index (χ2n) is 4.84. The van der Waals surface area contributed by atoms with E-state index in [1.807, 2.05) is 0 Å². The Balaban J connectivity index is 2.19. The summed E-state index contributed by atoms with van der Waals surface area (Å²) < 4.78 is 4.66. The second-order valence-corrected chi connectivity index (χ2v) is 4.84. The predicted molar refractivity (Wildman–Crippen MR) is 69.0 cm³/mol. The molecular weight excluding hydrogens is 216 g/mol. The molecule has 1 aliphatic rings. The molecule has 0 aromatic heterocycles. The van der Waals surface area contributed by atoms with Crippen molar-refractivity contribution in [3.8, 4) is 0 Å². The summed E-state index contributed by atoms with van der Waals surface area (Å²) in [6.07, 6.45) is 3.05. The summed E-state index contributed by atoms with van der Waals surface area (Å²) in [4.78, 5) is 16.0. The Kier molecular flexibility index (Phi) is 6.52. The third kappa shape index (κ3) is 5.04. The van der Waals surface area contributed by atoms with Crippen LogP contribution in [0.3, 0.4) is 0 Å². The van der Waals surface area contributed by atoms with Crippen LogP contribution in [0.5, 0.6) is 0 Å². The van der Waals surface area contributed by atoms with Crippen molar-refractivity contribution >= 4 is 5.97 Å². The second kappa shape index (κ2) is 7.67. The molecule has 100 valence electrons. The first-order chi connectivity index (χ1) is 8.17. The van der Waals surface area contributed by atoms with Crippen molar-refractivity contribution < 1.29 is 9.53 Å². The quantitative estimate of drug-likeness (QED) is 0.658. The van der Waals surface area contributed by atoms with Gasteiger partial charge in [-0.3, -0.25) is 9.69 Å². The lowest BCUT2D eigenvalue weighted by atomic mass is 10.1. The predicted octanol–water partition coefficient (Wildman–Crippen LogP) is 1.36. The van der Waals surface area contributed by atoms with E-state index in [0.717, 1.165) is 32.7 Å². The molecule has 4 heteroatoms. The maximum atomic E-state index is 11.1. The average Bonchev–Trinajstić information content (AvgIpc) is 2.36. The average molecular weight is 242 g/mol. The normalized spacial score (nSPS) is 20.2. The van der Waals surface area contributed by atoms with Crippen molar-refractivity contribution in [3.05, 3.63) is 0 Å². The molecule has 0 aromatic rings. The van der Waals surface area contributed by atoms with Crippen molar-refractivity contribution in [3.63, 3.8) is 0 Å². The zero-order valence-electron chi connectivity index (χ0n) is 11.4. The highest BCUT2D eigenvalue weighted by molar-refractivity contribution is 5.69. The summed E-state index contributed by atoms with van der Waals surface area (Å²) in [5, 5.41) is 0. The number of rotatable bonds is 6. The lowest BCUT2D eigenvalue weighted by molar-refractivity contribution is -0.141. The Morgan fingerprint density at radius 3 is 2.47 bits per heavy atom. The van der Waals surface area contributed by atoms with Gasteiger partial charge in [0.15, 0.2) is 0 Å². The molecule has 0 saturated carbocycles. The van der Waals surface area contributed by atoms with E-state index in [9.17, 15) is 4.79 Å². The largest absolute Gasteiger partial charge is 0.469 e. The summed E-state index contributed by atoms with van der Waals surface area (Å²) in [6, 6.07) is 0.697. The standard InChI is InChI=1S/C13H26N2O2/c1-4-5-12(2)15-10-8-14(9-11-15)7-6-13(16)17-3/h12H,4-11H2,1-3H3. The maximum absolute atomic E-state index is 11.1. The number of carbonyl (C=O) groups is 1. The number of ether oxygens (including phenoxy) is 1. The highest BCUT2D eigenvalue weighted by Crippen LogP contribution is 2.10. The van der Waals surface area contributed by atoms with E-state index in [4.69, 9.17) is 0 Å². The lowest BCUT2D eigenvalue weighted by Gasteiger charge is -2.38. The number of piperazine rings is 1. The Morgan fingerprint density at radius 2 is 1.94 bits per heavy atom. The molecule has 0 aromatic carbocycles. The van der Waals surface area contributed by atoms with Gasteiger partial charge in [-0.1, -0.05) is 13.3 Å². The van der Waals surface area contributed by atoms with Gasteiger partial charge in [0, 0.05) is 38.8 Å². The van der Waals surface area contributed by atoms with E-state index in [-0.39, 0.29) is 5.97 Å². The van der Waals surface area contributed by atoms with Gasteiger partial charge >= 0.3 is 5.97 Å². The number of hydrogen-bond acceptors (Lipinski definition) is 4. The molecule has 0 aliphatic carbocycles. The molecule has 1 aliphatic heterocycles. The molecular formula is C13H26N2O2. The minimum Gasteiger partial charge on any atom is -0.469 e. The lowest BCUT2D eigenvalue weighted by Crippen LogP contribution is -2.49. The summed E-state index contributed by atoms with van der Waals surface area (Å²) in [6.45, 7) is 9.79. The molecule has 17 heavy (non-hydrogen) atoms. The van der Waals surface area contributed by atoms with Gasteiger partial charge in [-0.05, 0) is 13.3 Å². The van der Waals surface area contributed by atoms with Crippen molar-refractivity contribution in [2.45, 2.75) is 39.2 Å². The smallest absolute Gasteiger partial charge is 0.306 e. The number of carbonyl (C=O) groups excluding carboxylic acids is 1. The van der Waals surface area contributed by atoms with Crippen LogP contribution in [0, 0.1) is 0 Å². The highest BCUT2D eigenvalue weighted by Gasteiger charge is 2.20. The van der Waals surface area contributed by atoms with Gasteiger partial charge in [-0.2, -0.15) is 0 Å². The van der Waals surface area contributed by atoms with Crippen molar-refractivity contribution in [2.75, 3.05) is 39.8 Å². The minimum absolute atomic E-state index is 0.105.